The minimum Gasteiger partial charge on any atom is -0.494 e. The number of amides is 3. The molecule has 3 heterocycles. The van der Waals surface area contributed by atoms with Gasteiger partial charge in [0.2, 0.25) is 11.8 Å². The van der Waals surface area contributed by atoms with E-state index in [4.69, 9.17) is 21.1 Å². The molecule has 2 bridgehead atoms. The second-order valence-corrected chi connectivity index (χ2v) is 13.1. The van der Waals surface area contributed by atoms with Crippen molar-refractivity contribution in [1.29, 1.82) is 0 Å². The van der Waals surface area contributed by atoms with E-state index < -0.39 is 29.6 Å². The molecule has 1 N–H and O–H groups in total. The van der Waals surface area contributed by atoms with Gasteiger partial charge in [-0.2, -0.15) is 0 Å². The molecule has 3 saturated heterocycles. The molecule has 240 valence electrons. The predicted octanol–water partition coefficient (Wildman–Crippen LogP) is 5.00. The number of carbonyl (C=O) groups excluding carboxylic acids is 3. The predicted molar refractivity (Wildman–Crippen MR) is 178 cm³/mol. The zero-order chi connectivity index (χ0) is 32.3. The Morgan fingerprint density at radius 3 is 2.24 bits per heavy atom. The number of carbonyl (C=O) groups is 3. The van der Waals surface area contributed by atoms with Crippen molar-refractivity contribution in [2.75, 3.05) is 42.6 Å². The minimum absolute atomic E-state index is 0.0374. The van der Waals surface area contributed by atoms with E-state index in [1.54, 1.807) is 63.2 Å². The van der Waals surface area contributed by atoms with Gasteiger partial charge in [-0.3, -0.25) is 14.4 Å². The summed E-state index contributed by atoms with van der Waals surface area (Å²) in [7, 11) is 0. The molecule has 0 radical (unpaired) electrons. The molecule has 45 heavy (non-hydrogen) atoms. The molecular weight excluding hydrogens is 662 g/mol. The van der Waals surface area contributed by atoms with Gasteiger partial charge in [-0.15, -0.1) is 13.2 Å². The smallest absolute Gasteiger partial charge is 0.253 e. The van der Waals surface area contributed by atoms with Crippen molar-refractivity contribution in [3.63, 3.8) is 0 Å². The first kappa shape index (κ1) is 33.2. The molecule has 2 aromatic carbocycles. The fraction of sp³-hybridized carbons (Fsp3) is 0.441. The van der Waals surface area contributed by atoms with Gasteiger partial charge in [-0.25, -0.2) is 0 Å². The lowest BCUT2D eigenvalue weighted by molar-refractivity contribution is -0.140. The van der Waals surface area contributed by atoms with E-state index in [1.165, 1.54) is 0 Å². The van der Waals surface area contributed by atoms with E-state index in [-0.39, 0.29) is 48.8 Å². The average molecular weight is 701 g/mol. The number of hydrogen-bond donors (Lipinski definition) is 1. The third-order valence-corrected chi connectivity index (χ3v) is 9.97. The third-order valence-electron chi connectivity index (χ3n) is 8.87. The summed E-state index contributed by atoms with van der Waals surface area (Å²) >= 11 is 9.90. The lowest BCUT2D eigenvalue weighted by Gasteiger charge is -2.37. The van der Waals surface area contributed by atoms with Crippen LogP contribution >= 0.6 is 27.5 Å². The van der Waals surface area contributed by atoms with Gasteiger partial charge < -0.3 is 29.3 Å². The van der Waals surface area contributed by atoms with E-state index in [2.05, 4.69) is 29.1 Å². The highest BCUT2D eigenvalue weighted by atomic mass is 79.9. The van der Waals surface area contributed by atoms with Crippen LogP contribution in [0.5, 0.6) is 5.75 Å². The van der Waals surface area contributed by atoms with Crippen LogP contribution in [0, 0.1) is 11.8 Å². The summed E-state index contributed by atoms with van der Waals surface area (Å²) in [6.45, 7) is 10.8. The monoisotopic (exact) mass is 699 g/mol. The fourth-order valence-corrected chi connectivity index (χ4v) is 8.14. The number of halogens is 2. The number of alkyl halides is 1. The van der Waals surface area contributed by atoms with Crippen LogP contribution in [0.3, 0.4) is 0 Å². The normalized spacial score (nSPS) is 26.4. The van der Waals surface area contributed by atoms with Crippen molar-refractivity contribution in [2.24, 2.45) is 11.8 Å². The van der Waals surface area contributed by atoms with E-state index in [1.807, 2.05) is 19.1 Å². The van der Waals surface area contributed by atoms with Gasteiger partial charge in [0.25, 0.3) is 5.91 Å². The van der Waals surface area contributed by atoms with Gasteiger partial charge in [0, 0.05) is 47.5 Å². The number of aliphatic hydroxyl groups excluding tert-OH is 1. The van der Waals surface area contributed by atoms with E-state index in [0.29, 0.717) is 48.0 Å². The molecule has 3 amide bonds. The van der Waals surface area contributed by atoms with Gasteiger partial charge >= 0.3 is 0 Å². The number of aliphatic hydroxyl groups is 1. The summed E-state index contributed by atoms with van der Waals surface area (Å²) in [6, 6.07) is 13.2. The van der Waals surface area contributed by atoms with Crippen LogP contribution in [0.15, 0.2) is 73.8 Å². The Morgan fingerprint density at radius 1 is 1.07 bits per heavy atom. The molecule has 3 aliphatic heterocycles. The number of benzene rings is 2. The van der Waals surface area contributed by atoms with Crippen molar-refractivity contribution in [2.45, 2.75) is 48.8 Å². The Morgan fingerprint density at radius 2 is 1.67 bits per heavy atom. The lowest BCUT2D eigenvalue weighted by atomic mass is 9.70. The molecule has 6 atom stereocenters. The summed E-state index contributed by atoms with van der Waals surface area (Å²) in [6.07, 6.45) is 4.01. The molecule has 11 heteroatoms. The van der Waals surface area contributed by atoms with Crippen LogP contribution in [0.25, 0.3) is 0 Å². The van der Waals surface area contributed by atoms with Crippen LogP contribution in [0.4, 0.5) is 11.4 Å². The van der Waals surface area contributed by atoms with Gasteiger partial charge in [-0.1, -0.05) is 39.7 Å². The van der Waals surface area contributed by atoms with Crippen molar-refractivity contribution in [3.05, 3.63) is 78.9 Å². The van der Waals surface area contributed by atoms with Crippen LogP contribution in [-0.4, -0.2) is 83.2 Å². The number of likely N-dealkylation sites (tertiary alicyclic amines) is 1. The van der Waals surface area contributed by atoms with E-state index >= 15 is 0 Å². The van der Waals surface area contributed by atoms with Crippen molar-refractivity contribution in [3.8, 4) is 5.75 Å². The molecule has 5 rings (SSSR count). The average Bonchev–Trinajstić information content (AvgIpc) is 3.62. The molecule has 2 aromatic rings. The first-order valence-electron chi connectivity index (χ1n) is 15.3. The highest BCUT2D eigenvalue weighted by Crippen LogP contribution is 2.60. The van der Waals surface area contributed by atoms with Crippen molar-refractivity contribution < 1.29 is 29.0 Å². The molecule has 9 nitrogen and oxygen atoms in total. The molecule has 1 spiro atoms. The van der Waals surface area contributed by atoms with Gasteiger partial charge in [0.1, 0.15) is 17.4 Å². The SMILES string of the molecule is C=CCN(C(=O)C1N(CCCCO)C(=O)[C@@H]2[C@@H](C(=O)N(CC=C)c3ccc(OCC)cc3)[C@@H]3OC12CC3Br)c1ccc(Cl)cc1. The number of nitrogens with zero attached hydrogens (tertiary/aromatic N) is 3. The second-order valence-electron chi connectivity index (χ2n) is 11.5. The number of anilines is 2. The summed E-state index contributed by atoms with van der Waals surface area (Å²) in [5.74, 6) is -1.88. The van der Waals surface area contributed by atoms with Gasteiger partial charge in [0.05, 0.1) is 24.5 Å². The van der Waals surface area contributed by atoms with Crippen LogP contribution in [0.1, 0.15) is 26.2 Å². The zero-order valence-electron chi connectivity index (χ0n) is 25.3. The maximum absolute atomic E-state index is 14.6. The highest BCUT2D eigenvalue weighted by Gasteiger charge is 2.77. The molecule has 0 saturated carbocycles. The molecule has 3 unspecified atom stereocenters. The number of ether oxygens (including phenoxy) is 2. The fourth-order valence-electron chi connectivity index (χ4n) is 7.07. The first-order valence-corrected chi connectivity index (χ1v) is 16.6. The van der Waals surface area contributed by atoms with Crippen LogP contribution in [0.2, 0.25) is 5.02 Å². The summed E-state index contributed by atoms with van der Waals surface area (Å²) in [4.78, 5) is 48.1. The standard InChI is InChI=1S/C34H39BrClN3O6/c1-4-17-37(24-13-15-25(16-14-24)44-6-3)31(41)27-28-32(42)39(19-7-8-20-40)30(34(28)21-26(35)29(27)45-34)33(43)38(18-5-2)23-11-9-22(36)10-12-23/h4-5,9-16,26-30,40H,1-2,6-8,17-21H2,3H3/t26?,27-,28+,29-,30?,34?/m1/s1. The Hall–Kier alpha value is -3.18. The van der Waals surface area contributed by atoms with Crippen LogP contribution in [-0.2, 0) is 19.1 Å². The largest absolute Gasteiger partial charge is 0.494 e. The second kappa shape index (κ2) is 14.1. The zero-order valence-corrected chi connectivity index (χ0v) is 27.7. The minimum atomic E-state index is -1.23. The Balaban J connectivity index is 1.55. The Labute approximate surface area is 277 Å². The first-order chi connectivity index (χ1) is 21.7. The van der Waals surface area contributed by atoms with Crippen molar-refractivity contribution in [1.82, 2.24) is 4.90 Å². The summed E-state index contributed by atoms with van der Waals surface area (Å²) < 4.78 is 12.3. The summed E-state index contributed by atoms with van der Waals surface area (Å²) in [5, 5.41) is 10.0. The summed E-state index contributed by atoms with van der Waals surface area (Å²) in [5.41, 5.74) is 0.0241. The molecule has 0 aromatic heterocycles. The van der Waals surface area contributed by atoms with E-state index in [0.717, 1.165) is 0 Å². The van der Waals surface area contributed by atoms with Crippen molar-refractivity contribution >= 4 is 56.6 Å². The molecular formula is C34H39BrClN3O6. The highest BCUT2D eigenvalue weighted by molar-refractivity contribution is 9.09. The molecule has 0 aliphatic carbocycles. The number of rotatable bonds is 14. The molecule has 3 fully saturated rings. The topological polar surface area (TPSA) is 99.6 Å². The quantitative estimate of drug-likeness (QED) is 0.169. The number of hydrogen-bond acceptors (Lipinski definition) is 6. The Bertz CT molecular complexity index is 1420. The lowest BCUT2D eigenvalue weighted by Crippen LogP contribution is -2.57. The third kappa shape index (κ3) is 6.05. The number of fused-ring (bicyclic) bond motifs is 1. The van der Waals surface area contributed by atoms with Gasteiger partial charge in [-0.05, 0) is 74.7 Å². The maximum Gasteiger partial charge on any atom is 0.253 e. The van der Waals surface area contributed by atoms with Gasteiger partial charge in [0.15, 0.2) is 0 Å². The maximum atomic E-state index is 14.6. The number of unbranched alkanes of at least 4 members (excludes halogenated alkanes) is 1. The molecule has 3 aliphatic rings. The van der Waals surface area contributed by atoms with Crippen LogP contribution < -0.4 is 14.5 Å². The van der Waals surface area contributed by atoms with E-state index in [9.17, 15) is 19.5 Å². The Kier molecular flexibility index (Phi) is 10.4.